The van der Waals surface area contributed by atoms with E-state index in [1.165, 1.54) is 12.1 Å². The predicted octanol–water partition coefficient (Wildman–Crippen LogP) is 3.28. The lowest BCUT2D eigenvalue weighted by Crippen LogP contribution is -2.53. The second kappa shape index (κ2) is 6.62. The second-order valence-corrected chi connectivity index (χ2v) is 6.12. The maximum Gasteiger partial charge on any atom is 0.142 e. The van der Waals surface area contributed by atoms with Crippen LogP contribution in [0.15, 0.2) is 22.7 Å². The maximum absolute atomic E-state index is 5.49. The van der Waals surface area contributed by atoms with Gasteiger partial charge in [0.2, 0.25) is 0 Å². The zero-order valence-corrected chi connectivity index (χ0v) is 13.5. The van der Waals surface area contributed by atoms with E-state index < -0.39 is 0 Å². The molecule has 0 aromatic heterocycles. The number of methoxy groups -OCH3 is 1. The molecule has 1 saturated heterocycles. The molecule has 4 heteroatoms. The molecule has 106 valence electrons. The van der Waals surface area contributed by atoms with Gasteiger partial charge in [-0.05, 0) is 24.1 Å². The van der Waals surface area contributed by atoms with E-state index in [-0.39, 0.29) is 0 Å². The summed E-state index contributed by atoms with van der Waals surface area (Å²) < 4.78 is 6.59. The van der Waals surface area contributed by atoms with Crippen LogP contribution in [0.4, 0.5) is 5.69 Å². The van der Waals surface area contributed by atoms with Crippen molar-refractivity contribution in [2.45, 2.75) is 26.3 Å². The van der Waals surface area contributed by atoms with Gasteiger partial charge < -0.3 is 15.0 Å². The van der Waals surface area contributed by atoms with Crippen LogP contribution >= 0.6 is 15.9 Å². The molecule has 0 amide bonds. The third kappa shape index (κ3) is 3.42. The minimum absolute atomic E-state index is 0.558. The topological polar surface area (TPSA) is 24.5 Å². The van der Waals surface area contributed by atoms with E-state index in [2.05, 4.69) is 46.1 Å². The molecule has 0 radical (unpaired) electrons. The second-order valence-electron chi connectivity index (χ2n) is 5.21. The van der Waals surface area contributed by atoms with Gasteiger partial charge in [0.25, 0.3) is 0 Å². The smallest absolute Gasteiger partial charge is 0.142 e. The molecule has 19 heavy (non-hydrogen) atoms. The quantitative estimate of drug-likeness (QED) is 0.918. The highest BCUT2D eigenvalue weighted by molar-refractivity contribution is 9.10. The highest BCUT2D eigenvalue weighted by Gasteiger charge is 2.24. The number of halogens is 1. The molecule has 2 atom stereocenters. The van der Waals surface area contributed by atoms with Crippen molar-refractivity contribution in [3.8, 4) is 5.75 Å². The molecule has 0 bridgehead atoms. The molecule has 2 rings (SSSR count). The number of anilines is 1. The molecule has 1 aliphatic rings. The third-order valence-electron chi connectivity index (χ3n) is 4.02. The van der Waals surface area contributed by atoms with Crippen LogP contribution in [-0.4, -0.2) is 32.8 Å². The minimum Gasteiger partial charge on any atom is -0.495 e. The summed E-state index contributed by atoms with van der Waals surface area (Å²) in [7, 11) is 1.74. The first-order chi connectivity index (χ1) is 9.15. The first-order valence-corrected chi connectivity index (χ1v) is 7.76. The van der Waals surface area contributed by atoms with E-state index in [9.17, 15) is 0 Å². The Kier molecular flexibility index (Phi) is 5.11. The number of rotatable bonds is 4. The molecular weight excluding hydrogens is 304 g/mol. The van der Waals surface area contributed by atoms with E-state index in [0.717, 1.165) is 29.9 Å². The van der Waals surface area contributed by atoms with Gasteiger partial charge in [-0.15, -0.1) is 0 Å². The van der Waals surface area contributed by atoms with Gasteiger partial charge in [-0.3, -0.25) is 0 Å². The highest BCUT2D eigenvalue weighted by atomic mass is 79.9. The Hall–Kier alpha value is -0.740. The molecule has 0 spiro atoms. The van der Waals surface area contributed by atoms with Gasteiger partial charge in [-0.1, -0.05) is 36.2 Å². The average Bonchev–Trinajstić information content (AvgIpc) is 2.46. The summed E-state index contributed by atoms with van der Waals surface area (Å²) in [6, 6.07) is 6.76. The Morgan fingerprint density at radius 2 is 2.32 bits per heavy atom. The van der Waals surface area contributed by atoms with E-state index >= 15 is 0 Å². The average molecular weight is 327 g/mol. The summed E-state index contributed by atoms with van der Waals surface area (Å²) in [5, 5.41) is 3.63. The van der Waals surface area contributed by atoms with Gasteiger partial charge in [-0.2, -0.15) is 0 Å². The Morgan fingerprint density at radius 1 is 1.53 bits per heavy atom. The van der Waals surface area contributed by atoms with Crippen LogP contribution in [0.2, 0.25) is 0 Å². The van der Waals surface area contributed by atoms with Crippen LogP contribution in [-0.2, 0) is 0 Å². The number of nitrogens with one attached hydrogen (secondary N) is 1. The van der Waals surface area contributed by atoms with Gasteiger partial charge in [0, 0.05) is 30.1 Å². The number of benzene rings is 1. The zero-order valence-electron chi connectivity index (χ0n) is 11.9. The van der Waals surface area contributed by atoms with E-state index in [4.69, 9.17) is 4.74 Å². The number of nitrogens with zero attached hydrogens (tertiary/aromatic N) is 1. The summed E-state index contributed by atoms with van der Waals surface area (Å²) in [5.41, 5.74) is 1.19. The van der Waals surface area contributed by atoms with Crippen LogP contribution in [0.1, 0.15) is 20.3 Å². The predicted molar refractivity (Wildman–Crippen MR) is 84.2 cm³/mol. The number of hydrogen-bond acceptors (Lipinski definition) is 3. The van der Waals surface area contributed by atoms with Crippen molar-refractivity contribution in [2.75, 3.05) is 31.6 Å². The lowest BCUT2D eigenvalue weighted by Gasteiger charge is -2.38. The fraction of sp³-hybridized carbons (Fsp3) is 0.600. The van der Waals surface area contributed by atoms with Gasteiger partial charge >= 0.3 is 0 Å². The number of ether oxygens (including phenoxy) is 1. The monoisotopic (exact) mass is 326 g/mol. The number of hydrogen-bond donors (Lipinski definition) is 1. The van der Waals surface area contributed by atoms with Crippen molar-refractivity contribution in [3.63, 3.8) is 0 Å². The molecule has 1 heterocycles. The van der Waals surface area contributed by atoms with Crippen LogP contribution in [0, 0.1) is 5.92 Å². The van der Waals surface area contributed by atoms with Crippen LogP contribution in [0.3, 0.4) is 0 Å². The van der Waals surface area contributed by atoms with Crippen molar-refractivity contribution in [1.82, 2.24) is 5.32 Å². The Bertz CT molecular complexity index is 425. The molecule has 2 unspecified atom stereocenters. The van der Waals surface area contributed by atoms with Crippen molar-refractivity contribution >= 4 is 21.6 Å². The molecule has 1 aliphatic heterocycles. The molecular formula is C15H23BrN2O. The SMILES string of the molecule is CCC(C)C1CN(c2cc(Br)ccc2OC)CCN1. The van der Waals surface area contributed by atoms with E-state index in [1.807, 2.05) is 12.1 Å². The third-order valence-corrected chi connectivity index (χ3v) is 4.51. The van der Waals surface area contributed by atoms with E-state index in [1.54, 1.807) is 7.11 Å². The molecule has 1 aromatic carbocycles. The lowest BCUT2D eigenvalue weighted by atomic mass is 9.97. The van der Waals surface area contributed by atoms with Crippen LogP contribution in [0.5, 0.6) is 5.75 Å². The van der Waals surface area contributed by atoms with E-state index in [0.29, 0.717) is 12.0 Å². The standard InChI is InChI=1S/C15H23BrN2O/c1-4-11(2)13-10-18(8-7-17-13)14-9-12(16)5-6-15(14)19-3/h5-6,9,11,13,17H,4,7-8,10H2,1-3H3. The molecule has 0 aliphatic carbocycles. The molecule has 3 nitrogen and oxygen atoms in total. The Labute approximate surface area is 124 Å². The minimum atomic E-state index is 0.558. The largest absolute Gasteiger partial charge is 0.495 e. The Morgan fingerprint density at radius 3 is 3.00 bits per heavy atom. The molecule has 1 aromatic rings. The summed E-state index contributed by atoms with van der Waals surface area (Å²) >= 11 is 3.55. The number of piperazine rings is 1. The summed E-state index contributed by atoms with van der Waals surface area (Å²) in [5.74, 6) is 1.65. The Balaban J connectivity index is 2.19. The van der Waals surface area contributed by atoms with Gasteiger partial charge in [0.15, 0.2) is 0 Å². The normalized spacial score (nSPS) is 21.3. The van der Waals surface area contributed by atoms with Crippen molar-refractivity contribution in [2.24, 2.45) is 5.92 Å². The van der Waals surface area contributed by atoms with Crippen molar-refractivity contribution in [1.29, 1.82) is 0 Å². The van der Waals surface area contributed by atoms with Crippen molar-refractivity contribution in [3.05, 3.63) is 22.7 Å². The summed E-state index contributed by atoms with van der Waals surface area (Å²) in [4.78, 5) is 2.43. The zero-order chi connectivity index (χ0) is 13.8. The lowest BCUT2D eigenvalue weighted by molar-refractivity contribution is 0.339. The van der Waals surface area contributed by atoms with Gasteiger partial charge in [0.1, 0.15) is 5.75 Å². The maximum atomic E-state index is 5.49. The fourth-order valence-electron chi connectivity index (χ4n) is 2.57. The highest BCUT2D eigenvalue weighted by Crippen LogP contribution is 2.32. The van der Waals surface area contributed by atoms with Gasteiger partial charge in [0.05, 0.1) is 12.8 Å². The van der Waals surface area contributed by atoms with Crippen LogP contribution in [0.25, 0.3) is 0 Å². The molecule has 1 N–H and O–H groups in total. The van der Waals surface area contributed by atoms with Crippen LogP contribution < -0.4 is 15.0 Å². The summed E-state index contributed by atoms with van der Waals surface area (Å²) in [6.45, 7) is 7.68. The summed E-state index contributed by atoms with van der Waals surface area (Å²) in [6.07, 6.45) is 1.21. The van der Waals surface area contributed by atoms with Gasteiger partial charge in [-0.25, -0.2) is 0 Å². The first kappa shape index (κ1) is 14.7. The molecule has 0 saturated carbocycles. The first-order valence-electron chi connectivity index (χ1n) is 6.97. The molecule has 1 fully saturated rings. The fourth-order valence-corrected chi connectivity index (χ4v) is 2.92. The van der Waals surface area contributed by atoms with Crippen molar-refractivity contribution < 1.29 is 4.74 Å².